The number of halogens is 1. The van der Waals surface area contributed by atoms with E-state index < -0.39 is 0 Å². The molecule has 1 aromatic carbocycles. The van der Waals surface area contributed by atoms with Crippen LogP contribution in [0, 0.1) is 18.8 Å². The molecule has 0 saturated heterocycles. The van der Waals surface area contributed by atoms with Gasteiger partial charge < -0.3 is 10.6 Å². The first-order chi connectivity index (χ1) is 17.4. The summed E-state index contributed by atoms with van der Waals surface area (Å²) in [7, 11) is 1.85. The number of aromatic nitrogens is 4. The van der Waals surface area contributed by atoms with Crippen molar-refractivity contribution in [2.45, 2.75) is 50.7 Å². The SMILES string of the molecule is C#C.CC1CCCCC1.CSc1nc(NCC(=O)NCc2ccc(Cl)cc2)cc(-c2cnn(C)c2)n1. The second-order valence-electron chi connectivity index (χ2n) is 8.53. The first-order valence-electron chi connectivity index (χ1n) is 11.9. The zero-order chi connectivity index (χ0) is 26.3. The average molecular weight is 527 g/mol. The van der Waals surface area contributed by atoms with Gasteiger partial charge in [0.05, 0.1) is 18.4 Å². The third-order valence-corrected chi connectivity index (χ3v) is 6.42. The van der Waals surface area contributed by atoms with Crippen LogP contribution in [0.3, 0.4) is 0 Å². The lowest BCUT2D eigenvalue weighted by atomic mass is 9.91. The number of nitrogens with one attached hydrogen (secondary N) is 2. The van der Waals surface area contributed by atoms with Crippen molar-refractivity contribution in [3.8, 4) is 24.1 Å². The van der Waals surface area contributed by atoms with Crippen LogP contribution < -0.4 is 10.6 Å². The van der Waals surface area contributed by atoms with Crippen molar-refractivity contribution >= 4 is 35.1 Å². The van der Waals surface area contributed by atoms with Crippen LogP contribution in [0.1, 0.15) is 44.6 Å². The number of rotatable bonds is 7. The van der Waals surface area contributed by atoms with Gasteiger partial charge in [-0.15, -0.1) is 12.8 Å². The van der Waals surface area contributed by atoms with Crippen molar-refractivity contribution in [3.05, 3.63) is 53.3 Å². The molecule has 36 heavy (non-hydrogen) atoms. The standard InChI is InChI=1S/C18H19ClN6OS.C7H14.C2H2/c1-25-11-13(9-22-25)15-7-16(24-18(23-15)27-2)20-10-17(26)21-8-12-3-5-14(19)6-4-12;1-7-5-3-2-4-6-7;1-2/h3-7,9,11H,8,10H2,1-2H3,(H,21,26)(H,20,23,24);7H,2-6H2,1H3;1-2H. The van der Waals surface area contributed by atoms with Crippen LogP contribution in [0.15, 0.2) is 47.9 Å². The van der Waals surface area contributed by atoms with E-state index in [4.69, 9.17) is 11.6 Å². The van der Waals surface area contributed by atoms with Gasteiger partial charge in [-0.2, -0.15) is 5.10 Å². The molecule has 0 radical (unpaired) electrons. The molecule has 2 aromatic heterocycles. The van der Waals surface area contributed by atoms with Crippen LogP contribution >= 0.6 is 23.4 Å². The van der Waals surface area contributed by atoms with E-state index in [0.29, 0.717) is 22.5 Å². The molecule has 3 aromatic rings. The highest BCUT2D eigenvalue weighted by molar-refractivity contribution is 7.98. The van der Waals surface area contributed by atoms with Gasteiger partial charge in [0.25, 0.3) is 0 Å². The average Bonchev–Trinajstić information content (AvgIpc) is 3.35. The molecule has 1 aliphatic carbocycles. The normalized spacial score (nSPS) is 12.9. The van der Waals surface area contributed by atoms with E-state index in [1.807, 2.05) is 37.7 Å². The van der Waals surface area contributed by atoms with Gasteiger partial charge >= 0.3 is 0 Å². The second-order valence-corrected chi connectivity index (χ2v) is 9.74. The summed E-state index contributed by atoms with van der Waals surface area (Å²) < 4.78 is 1.72. The van der Waals surface area contributed by atoms with E-state index in [1.165, 1.54) is 43.9 Å². The summed E-state index contributed by atoms with van der Waals surface area (Å²) in [6.07, 6.45) is 21.0. The summed E-state index contributed by atoms with van der Waals surface area (Å²) in [6, 6.07) is 9.16. The molecule has 1 aliphatic rings. The van der Waals surface area contributed by atoms with Crippen LogP contribution in [0.5, 0.6) is 0 Å². The van der Waals surface area contributed by atoms with Crippen molar-refractivity contribution < 1.29 is 4.79 Å². The molecule has 2 heterocycles. The Bertz CT molecular complexity index is 1090. The summed E-state index contributed by atoms with van der Waals surface area (Å²) in [5.41, 5.74) is 2.63. The van der Waals surface area contributed by atoms with Crippen molar-refractivity contribution in [1.29, 1.82) is 0 Å². The molecule has 1 fully saturated rings. The summed E-state index contributed by atoms with van der Waals surface area (Å²) in [5.74, 6) is 1.50. The van der Waals surface area contributed by atoms with E-state index in [2.05, 4.69) is 45.5 Å². The van der Waals surface area contributed by atoms with Gasteiger partial charge in [0.2, 0.25) is 5.91 Å². The largest absolute Gasteiger partial charge is 0.361 e. The van der Waals surface area contributed by atoms with Gasteiger partial charge in [0, 0.05) is 36.4 Å². The molecule has 0 unspecified atom stereocenters. The number of carbonyl (C=O) groups excluding carboxylic acids is 1. The molecule has 4 rings (SSSR count). The molecule has 0 atom stereocenters. The maximum Gasteiger partial charge on any atom is 0.239 e. The maximum atomic E-state index is 12.1. The van der Waals surface area contributed by atoms with Crippen molar-refractivity contribution in [1.82, 2.24) is 25.1 Å². The summed E-state index contributed by atoms with van der Waals surface area (Å²) in [5, 5.41) is 11.4. The van der Waals surface area contributed by atoms with E-state index >= 15 is 0 Å². The van der Waals surface area contributed by atoms with Gasteiger partial charge in [0.15, 0.2) is 5.16 Å². The minimum absolute atomic E-state index is 0.116. The maximum absolute atomic E-state index is 12.1. The highest BCUT2D eigenvalue weighted by atomic mass is 35.5. The van der Waals surface area contributed by atoms with Gasteiger partial charge in [-0.25, -0.2) is 9.97 Å². The van der Waals surface area contributed by atoms with Crippen LogP contribution in [0.25, 0.3) is 11.3 Å². The van der Waals surface area contributed by atoms with E-state index in [9.17, 15) is 4.79 Å². The Morgan fingerprint density at radius 2 is 1.86 bits per heavy atom. The van der Waals surface area contributed by atoms with Gasteiger partial charge in [-0.1, -0.05) is 74.5 Å². The molecular formula is C27H35ClN6OS. The van der Waals surface area contributed by atoms with Crippen molar-refractivity contribution in [2.24, 2.45) is 13.0 Å². The van der Waals surface area contributed by atoms with Crippen LogP contribution in [0.2, 0.25) is 5.02 Å². The molecule has 1 amide bonds. The zero-order valence-corrected chi connectivity index (χ0v) is 22.8. The van der Waals surface area contributed by atoms with E-state index in [-0.39, 0.29) is 12.5 Å². The van der Waals surface area contributed by atoms with E-state index in [1.54, 1.807) is 23.0 Å². The fourth-order valence-corrected chi connectivity index (χ4v) is 4.16. The lowest BCUT2D eigenvalue weighted by molar-refractivity contribution is -0.119. The molecule has 0 bridgehead atoms. The molecule has 7 nitrogen and oxygen atoms in total. The molecule has 2 N–H and O–H groups in total. The first-order valence-corrected chi connectivity index (χ1v) is 13.5. The van der Waals surface area contributed by atoms with Crippen LogP contribution in [-0.4, -0.2) is 38.5 Å². The Balaban J connectivity index is 0.000000431. The third kappa shape index (κ3) is 10.3. The van der Waals surface area contributed by atoms with Crippen LogP contribution in [-0.2, 0) is 18.4 Å². The molecule has 192 valence electrons. The number of benzene rings is 1. The van der Waals surface area contributed by atoms with Gasteiger partial charge in [-0.05, 0) is 29.9 Å². The van der Waals surface area contributed by atoms with E-state index in [0.717, 1.165) is 22.7 Å². The first kappa shape index (κ1) is 29.2. The molecule has 0 spiro atoms. The molecule has 0 aliphatic heterocycles. The quantitative estimate of drug-likeness (QED) is 0.229. The Morgan fingerprint density at radius 1 is 1.17 bits per heavy atom. The number of aryl methyl sites for hydroxylation is 1. The summed E-state index contributed by atoms with van der Waals surface area (Å²) >= 11 is 7.30. The zero-order valence-electron chi connectivity index (χ0n) is 21.2. The lowest BCUT2D eigenvalue weighted by Gasteiger charge is -2.15. The number of hydrogen-bond donors (Lipinski definition) is 2. The predicted molar refractivity (Wildman–Crippen MR) is 150 cm³/mol. The number of hydrogen-bond acceptors (Lipinski definition) is 6. The Kier molecular flexibility index (Phi) is 12.9. The number of anilines is 1. The Hall–Kier alpha value is -3.02. The van der Waals surface area contributed by atoms with Crippen molar-refractivity contribution in [3.63, 3.8) is 0 Å². The summed E-state index contributed by atoms with van der Waals surface area (Å²) in [6.45, 7) is 2.92. The Morgan fingerprint density at radius 3 is 2.42 bits per heavy atom. The molecule has 1 saturated carbocycles. The van der Waals surface area contributed by atoms with Gasteiger partial charge in [0.1, 0.15) is 5.82 Å². The summed E-state index contributed by atoms with van der Waals surface area (Å²) in [4.78, 5) is 21.0. The molecule has 9 heteroatoms. The Labute approximate surface area is 223 Å². The molecular weight excluding hydrogens is 492 g/mol. The minimum atomic E-state index is -0.128. The van der Waals surface area contributed by atoms with Crippen LogP contribution in [0.4, 0.5) is 5.82 Å². The monoisotopic (exact) mass is 526 g/mol. The number of thioether (sulfide) groups is 1. The van der Waals surface area contributed by atoms with Crippen molar-refractivity contribution in [2.75, 3.05) is 18.1 Å². The number of amides is 1. The van der Waals surface area contributed by atoms with Gasteiger partial charge in [-0.3, -0.25) is 9.48 Å². The number of carbonyl (C=O) groups is 1. The topological polar surface area (TPSA) is 84.7 Å². The highest BCUT2D eigenvalue weighted by Crippen LogP contribution is 2.23. The predicted octanol–water partition coefficient (Wildman–Crippen LogP) is 5.82. The second kappa shape index (κ2) is 15.9. The number of terminal acetylenes is 1. The lowest BCUT2D eigenvalue weighted by Crippen LogP contribution is -2.29. The third-order valence-electron chi connectivity index (χ3n) is 5.62. The smallest absolute Gasteiger partial charge is 0.239 e. The fourth-order valence-electron chi connectivity index (χ4n) is 3.65. The highest BCUT2D eigenvalue weighted by Gasteiger charge is 2.09. The minimum Gasteiger partial charge on any atom is -0.361 e. The number of nitrogens with zero attached hydrogens (tertiary/aromatic N) is 4. The fraction of sp³-hybridized carbons (Fsp3) is 0.407.